The van der Waals surface area contributed by atoms with E-state index in [1.54, 1.807) is 0 Å². The van der Waals surface area contributed by atoms with Crippen LogP contribution in [-0.2, 0) is 0 Å². The van der Waals surface area contributed by atoms with Gasteiger partial charge >= 0.3 is 0 Å². The van der Waals surface area contributed by atoms with E-state index < -0.39 is 0 Å². The van der Waals surface area contributed by atoms with E-state index >= 15 is 0 Å². The molecule has 88 valence electrons. The molecular formula is C11H16ClN3O. The molecule has 1 fully saturated rings. The Balaban J connectivity index is 2.04. The summed E-state index contributed by atoms with van der Waals surface area (Å²) >= 11 is 5.86. The first-order valence-corrected chi connectivity index (χ1v) is 5.96. The first kappa shape index (κ1) is 11.5. The predicted molar refractivity (Wildman–Crippen MR) is 64.9 cm³/mol. The molecule has 0 bridgehead atoms. The molecule has 1 saturated carbocycles. The Hall–Kier alpha value is -1.03. The number of rotatable bonds is 3. The van der Waals surface area contributed by atoms with Crippen molar-refractivity contribution in [1.82, 2.24) is 9.97 Å². The SMILES string of the molecule is CC1(CNc2nc[nH]c(=O)c2Cl)CCCC1. The zero-order valence-corrected chi connectivity index (χ0v) is 10.1. The number of nitrogens with one attached hydrogen (secondary N) is 2. The van der Waals surface area contributed by atoms with Gasteiger partial charge in [0, 0.05) is 6.54 Å². The van der Waals surface area contributed by atoms with E-state index in [2.05, 4.69) is 22.2 Å². The van der Waals surface area contributed by atoms with Crippen LogP contribution in [0, 0.1) is 5.41 Å². The van der Waals surface area contributed by atoms with Crippen LogP contribution in [0.3, 0.4) is 0 Å². The fraction of sp³-hybridized carbons (Fsp3) is 0.636. The molecule has 5 heteroatoms. The monoisotopic (exact) mass is 241 g/mol. The van der Waals surface area contributed by atoms with E-state index in [9.17, 15) is 4.79 Å². The average Bonchev–Trinajstić information content (AvgIpc) is 2.68. The van der Waals surface area contributed by atoms with Crippen LogP contribution in [0.2, 0.25) is 5.02 Å². The summed E-state index contributed by atoms with van der Waals surface area (Å²) < 4.78 is 0. The number of aromatic nitrogens is 2. The third-order valence-corrected chi connectivity index (χ3v) is 3.64. The average molecular weight is 242 g/mol. The van der Waals surface area contributed by atoms with Crippen molar-refractivity contribution in [1.29, 1.82) is 0 Å². The van der Waals surface area contributed by atoms with Crippen molar-refractivity contribution in [3.8, 4) is 0 Å². The van der Waals surface area contributed by atoms with E-state index in [0.717, 1.165) is 6.54 Å². The van der Waals surface area contributed by atoms with Crippen LogP contribution in [0.15, 0.2) is 11.1 Å². The molecule has 0 spiro atoms. The Bertz CT molecular complexity index is 423. The highest BCUT2D eigenvalue weighted by Crippen LogP contribution is 2.37. The molecule has 0 aromatic carbocycles. The maximum absolute atomic E-state index is 11.2. The van der Waals surface area contributed by atoms with Crippen molar-refractivity contribution in [2.24, 2.45) is 5.41 Å². The van der Waals surface area contributed by atoms with Crippen molar-refractivity contribution >= 4 is 17.4 Å². The number of nitrogens with zero attached hydrogens (tertiary/aromatic N) is 1. The van der Waals surface area contributed by atoms with Gasteiger partial charge in [0.05, 0.1) is 6.33 Å². The van der Waals surface area contributed by atoms with E-state index in [1.807, 2.05) is 0 Å². The number of anilines is 1. The van der Waals surface area contributed by atoms with Crippen LogP contribution >= 0.6 is 11.6 Å². The van der Waals surface area contributed by atoms with E-state index in [4.69, 9.17) is 11.6 Å². The van der Waals surface area contributed by atoms with Crippen LogP contribution < -0.4 is 10.9 Å². The number of hydrogen-bond donors (Lipinski definition) is 2. The molecule has 0 aliphatic heterocycles. The molecular weight excluding hydrogens is 226 g/mol. The number of hydrogen-bond acceptors (Lipinski definition) is 3. The molecule has 2 rings (SSSR count). The smallest absolute Gasteiger partial charge is 0.271 e. The maximum atomic E-state index is 11.2. The van der Waals surface area contributed by atoms with Crippen LogP contribution in [-0.4, -0.2) is 16.5 Å². The van der Waals surface area contributed by atoms with Crippen LogP contribution in [0.5, 0.6) is 0 Å². The summed E-state index contributed by atoms with van der Waals surface area (Å²) in [5.74, 6) is 0.485. The lowest BCUT2D eigenvalue weighted by atomic mass is 9.89. The fourth-order valence-corrected chi connectivity index (χ4v) is 2.38. The van der Waals surface area contributed by atoms with Gasteiger partial charge in [-0.25, -0.2) is 4.98 Å². The number of H-pyrrole nitrogens is 1. The normalized spacial score (nSPS) is 18.6. The highest BCUT2D eigenvalue weighted by atomic mass is 35.5. The Morgan fingerprint density at radius 1 is 1.56 bits per heavy atom. The van der Waals surface area contributed by atoms with Crippen molar-refractivity contribution in [2.45, 2.75) is 32.6 Å². The summed E-state index contributed by atoms with van der Waals surface area (Å²) in [7, 11) is 0. The highest BCUT2D eigenvalue weighted by Gasteiger charge is 2.28. The van der Waals surface area contributed by atoms with Gasteiger partial charge in [-0.2, -0.15) is 0 Å². The van der Waals surface area contributed by atoms with E-state index in [1.165, 1.54) is 32.0 Å². The lowest BCUT2D eigenvalue weighted by molar-refractivity contribution is 0.361. The summed E-state index contributed by atoms with van der Waals surface area (Å²) in [6.45, 7) is 3.08. The second-order valence-electron chi connectivity index (χ2n) is 4.77. The van der Waals surface area contributed by atoms with Gasteiger partial charge in [0.25, 0.3) is 5.56 Å². The molecule has 0 saturated heterocycles. The first-order chi connectivity index (χ1) is 7.61. The Morgan fingerprint density at radius 2 is 2.25 bits per heavy atom. The van der Waals surface area contributed by atoms with Gasteiger partial charge in [-0.1, -0.05) is 31.4 Å². The van der Waals surface area contributed by atoms with Gasteiger partial charge in [-0.3, -0.25) is 4.79 Å². The van der Waals surface area contributed by atoms with Crippen molar-refractivity contribution in [3.63, 3.8) is 0 Å². The third kappa shape index (κ3) is 2.38. The summed E-state index contributed by atoms with van der Waals surface area (Å²) in [6.07, 6.45) is 6.39. The standard InChI is InChI=1S/C11H16ClN3O/c1-11(4-2-3-5-11)6-13-9-8(12)10(16)15-7-14-9/h7H,2-6H2,1H3,(H2,13,14,15,16). The second-order valence-corrected chi connectivity index (χ2v) is 5.14. The predicted octanol–water partition coefficient (Wildman–Crippen LogP) is 2.42. The van der Waals surface area contributed by atoms with Gasteiger partial charge in [0.2, 0.25) is 0 Å². The maximum Gasteiger partial charge on any atom is 0.271 e. The summed E-state index contributed by atoms with van der Waals surface area (Å²) in [4.78, 5) is 17.7. The molecule has 2 N–H and O–H groups in total. The minimum atomic E-state index is -0.296. The molecule has 1 heterocycles. The van der Waals surface area contributed by atoms with Crippen LogP contribution in [0.4, 0.5) is 5.82 Å². The van der Waals surface area contributed by atoms with Gasteiger partial charge in [-0.05, 0) is 18.3 Å². The number of halogens is 1. The molecule has 1 aromatic rings. The largest absolute Gasteiger partial charge is 0.368 e. The molecule has 16 heavy (non-hydrogen) atoms. The lowest BCUT2D eigenvalue weighted by Crippen LogP contribution is -2.24. The molecule has 0 amide bonds. The molecule has 0 radical (unpaired) electrons. The minimum Gasteiger partial charge on any atom is -0.368 e. The zero-order valence-electron chi connectivity index (χ0n) is 9.35. The highest BCUT2D eigenvalue weighted by molar-refractivity contribution is 6.32. The van der Waals surface area contributed by atoms with Crippen molar-refractivity contribution in [3.05, 3.63) is 21.7 Å². The van der Waals surface area contributed by atoms with Gasteiger partial charge in [0.1, 0.15) is 5.02 Å². The molecule has 1 aliphatic rings. The van der Waals surface area contributed by atoms with Crippen LogP contribution in [0.25, 0.3) is 0 Å². The van der Waals surface area contributed by atoms with Gasteiger partial charge in [-0.15, -0.1) is 0 Å². The Labute approximate surface area is 99.4 Å². The van der Waals surface area contributed by atoms with E-state index in [0.29, 0.717) is 11.2 Å². The van der Waals surface area contributed by atoms with E-state index in [-0.39, 0.29) is 10.6 Å². The summed E-state index contributed by atoms with van der Waals surface area (Å²) in [6, 6.07) is 0. The second kappa shape index (κ2) is 4.45. The Kier molecular flexibility index (Phi) is 3.19. The molecule has 1 aromatic heterocycles. The first-order valence-electron chi connectivity index (χ1n) is 5.58. The third-order valence-electron chi connectivity index (χ3n) is 3.29. The fourth-order valence-electron chi connectivity index (χ4n) is 2.21. The quantitative estimate of drug-likeness (QED) is 0.855. The molecule has 0 unspecified atom stereocenters. The minimum absolute atomic E-state index is 0.143. The van der Waals surface area contributed by atoms with Crippen LogP contribution in [0.1, 0.15) is 32.6 Å². The topological polar surface area (TPSA) is 57.8 Å². The zero-order chi connectivity index (χ0) is 11.6. The van der Waals surface area contributed by atoms with Crippen molar-refractivity contribution in [2.75, 3.05) is 11.9 Å². The number of aromatic amines is 1. The van der Waals surface area contributed by atoms with Crippen molar-refractivity contribution < 1.29 is 0 Å². The molecule has 1 aliphatic carbocycles. The lowest BCUT2D eigenvalue weighted by Gasteiger charge is -2.24. The summed E-state index contributed by atoms with van der Waals surface area (Å²) in [5.41, 5.74) is 0.0175. The molecule has 4 nitrogen and oxygen atoms in total. The Morgan fingerprint density at radius 3 is 2.94 bits per heavy atom. The molecule has 0 atom stereocenters. The summed E-state index contributed by atoms with van der Waals surface area (Å²) in [5, 5.41) is 3.32. The van der Waals surface area contributed by atoms with Gasteiger partial charge in [0.15, 0.2) is 5.82 Å². The van der Waals surface area contributed by atoms with Gasteiger partial charge < -0.3 is 10.3 Å².